The molecule has 6 aliphatic rings. The van der Waals surface area contributed by atoms with E-state index in [0.717, 1.165) is 218 Å². The topological polar surface area (TPSA) is 272 Å². The maximum Gasteiger partial charge on any atom is 0.254 e. The summed E-state index contributed by atoms with van der Waals surface area (Å²) < 4.78 is 121. The quantitative estimate of drug-likeness (QED) is 0.0353. The second kappa shape index (κ2) is 45.8. The largest absolute Gasteiger partial charge is 0.497 e. The van der Waals surface area contributed by atoms with Crippen molar-refractivity contribution >= 4 is 56.9 Å². The molecule has 6 aliphatic heterocycles. The molecule has 3 N–H and O–H groups in total. The number of aliphatic hydroxyl groups is 2. The van der Waals surface area contributed by atoms with E-state index in [2.05, 4.69) is 135 Å². The van der Waals surface area contributed by atoms with Crippen LogP contribution < -0.4 is 29.0 Å². The maximum atomic E-state index is 13.2. The predicted octanol–water partition coefficient (Wildman–Crippen LogP) is 18.4. The van der Waals surface area contributed by atoms with Gasteiger partial charge in [0, 0.05) is 150 Å². The van der Waals surface area contributed by atoms with Gasteiger partial charge in [0.2, 0.25) is 0 Å². The van der Waals surface area contributed by atoms with Gasteiger partial charge in [-0.3, -0.25) is 29.3 Å². The fourth-order valence-corrected chi connectivity index (χ4v) is 21.8. The number of piperazine rings is 1. The molecule has 0 aromatic heterocycles. The first-order chi connectivity index (χ1) is 65.5. The molecule has 6 heterocycles. The summed E-state index contributed by atoms with van der Waals surface area (Å²) in [6.45, 7) is 33.9. The van der Waals surface area contributed by atoms with Gasteiger partial charge in [0.15, 0.2) is 50.8 Å². The monoisotopic (exact) mass is 1990 g/mol. The summed E-state index contributed by atoms with van der Waals surface area (Å²) in [7, 11) is -4.39. The van der Waals surface area contributed by atoms with Crippen LogP contribution in [-0.2, 0) is 150 Å². The van der Waals surface area contributed by atoms with E-state index in [-0.39, 0.29) is 46.8 Å². The average molecular weight is 2000 g/mol. The molecule has 16 rings (SSSR count). The highest BCUT2D eigenvalue weighted by Gasteiger charge is 2.39. The average Bonchev–Trinajstić information content (AvgIpc) is 1.62. The van der Waals surface area contributed by atoms with Gasteiger partial charge in [0.25, 0.3) is 5.91 Å². The zero-order valence-corrected chi connectivity index (χ0v) is 88.7. The van der Waals surface area contributed by atoms with Crippen LogP contribution >= 0.6 is 11.6 Å². The van der Waals surface area contributed by atoms with E-state index in [9.17, 15) is 48.7 Å². The van der Waals surface area contributed by atoms with E-state index in [1.807, 2.05) is 138 Å². The molecule has 0 unspecified atom stereocenters. The number of aryl methyl sites for hydroxylation is 5. The third-order valence-electron chi connectivity index (χ3n) is 28.9. The van der Waals surface area contributed by atoms with Crippen LogP contribution in [0.3, 0.4) is 0 Å². The molecule has 0 spiro atoms. The van der Waals surface area contributed by atoms with Crippen molar-refractivity contribution in [1.82, 2.24) is 34.7 Å². The normalized spacial score (nSPS) is 15.4. The Morgan fingerprint density at radius 1 is 0.331 bits per heavy atom. The molecule has 1 fully saturated rings. The molecule has 0 aliphatic carbocycles. The van der Waals surface area contributed by atoms with Gasteiger partial charge < -0.3 is 44.1 Å². The summed E-state index contributed by atoms with van der Waals surface area (Å²) in [6.07, 6.45) is 14.7. The standard InChI is InChI=1S/C26H35N3O3.C22H29NO4S.C21H26ClNO3S.2C21H27NO3S/c1-26(2,9-8-19-6-7-21(17-30)22(14-19)18-31)29-15-20-4-3-5-23(24(20)16-29)25(32)28-12-10-27-11-13-28;1-22(2,11-10-16-6-9-20(26-3)21(12-16)27-4)23-14-17-7-8-19(28(5,24)25)13-18(17)15-23;1-21(2,10-9-15-5-8-19(22)20(11-15)26-3)23-13-16-6-7-18(27(4,24)25)12-17(16)14-23;1-21(2,12-11-16-5-8-19(25-3)9-6-16)22-14-17-7-10-20(26(4,23)24)13-18(17)15-22;1-21(2,11-10-16-6-5-7-19(12-16)25-3)22-14-17-8-9-20(26(4,23)24)13-18(17)15-22/h3-7,14,27,30-31H,8-13,15-18H2,1-2H3;6-9,12-13H,10-11,14-15H2,1-5H3;5-8,11-12H,9-10,13-14H2,1-4H3;5-10,13H,11-12,14-15H2,1-4H3;5-9,12-13H,10-11,14-15H2,1-4H3. The Hall–Kier alpha value is -9.56. The summed E-state index contributed by atoms with van der Waals surface area (Å²) in [5, 5.41) is 22.9. The van der Waals surface area contributed by atoms with Gasteiger partial charge >= 0.3 is 0 Å². The highest BCUT2D eigenvalue weighted by atomic mass is 35.5. The fourth-order valence-electron chi connectivity index (χ4n) is 18.9. The van der Waals surface area contributed by atoms with Crippen molar-refractivity contribution in [3.63, 3.8) is 0 Å². The third-order valence-corrected chi connectivity index (χ3v) is 33.7. The number of fused-ring (bicyclic) bond motifs is 5. The number of methoxy groups -OCH3 is 5. The first-order valence-electron chi connectivity index (χ1n) is 47.8. The molecule has 28 heteroatoms. The van der Waals surface area contributed by atoms with Crippen molar-refractivity contribution in [2.75, 3.05) is 86.8 Å². The minimum atomic E-state index is -3.18. The first-order valence-corrected chi connectivity index (χ1v) is 55.7. The molecule has 23 nitrogen and oxygen atoms in total. The first kappa shape index (κ1) is 108. The zero-order chi connectivity index (χ0) is 101. The SMILES string of the molecule is CC(C)(CCc1ccc(CO)c(CO)c1)N1Cc2cccc(C(=O)N3CCNCC3)c2C1.COc1cc(CCC(C)(C)N2Cc3ccc(S(C)(=O)=O)cc3C2)ccc1Cl.COc1ccc(CCC(C)(C)N2Cc3ccc(S(C)(=O)=O)cc3C2)cc1.COc1ccc(CCC(C)(C)N2Cc3ccc(S(C)(=O)=O)cc3C2)cc1OC.COc1cccc(CCC(C)(C)N2Cc3ccc(S(C)(=O)=O)cc3C2)c1. The number of nitrogens with one attached hydrogen (secondary N) is 1. The van der Waals surface area contributed by atoms with Crippen molar-refractivity contribution in [1.29, 1.82) is 0 Å². The molecule has 0 atom stereocenters. The molecule has 1 amide bonds. The Labute approximate surface area is 832 Å². The number of halogens is 1. The van der Waals surface area contributed by atoms with Crippen LogP contribution in [0.4, 0.5) is 0 Å². The Bertz CT molecular complexity index is 6480. The Morgan fingerprint density at radius 3 is 1.06 bits per heavy atom. The number of aliphatic hydroxyl groups excluding tert-OH is 2. The predicted molar refractivity (Wildman–Crippen MR) is 553 cm³/mol. The Morgan fingerprint density at radius 2 is 0.669 bits per heavy atom. The highest BCUT2D eigenvalue weighted by Crippen LogP contribution is 2.42. The van der Waals surface area contributed by atoms with Crippen molar-refractivity contribution in [2.45, 2.75) is 259 Å². The van der Waals surface area contributed by atoms with Gasteiger partial charge in [-0.1, -0.05) is 103 Å². The minimum absolute atomic E-state index is 0.0164. The summed E-state index contributed by atoms with van der Waals surface area (Å²) in [5.74, 6) is 4.12. The van der Waals surface area contributed by atoms with Crippen LogP contribution in [0.1, 0.15) is 206 Å². The lowest BCUT2D eigenvalue weighted by Gasteiger charge is -2.36. The van der Waals surface area contributed by atoms with E-state index in [1.54, 1.807) is 59.8 Å². The lowest BCUT2D eigenvalue weighted by atomic mass is 9.92. The molecular formula is C111H144ClN7O16S4. The van der Waals surface area contributed by atoms with Crippen molar-refractivity contribution in [3.8, 4) is 28.7 Å². The van der Waals surface area contributed by atoms with Gasteiger partial charge in [-0.05, 0) is 331 Å². The Balaban J connectivity index is 0.000000156. The summed E-state index contributed by atoms with van der Waals surface area (Å²) in [4.78, 5) is 28.9. The molecular weight excluding hydrogens is 1850 g/mol. The van der Waals surface area contributed by atoms with E-state index < -0.39 is 39.3 Å². The van der Waals surface area contributed by atoms with Gasteiger partial charge in [0.1, 0.15) is 17.2 Å². The van der Waals surface area contributed by atoms with Gasteiger partial charge in [-0.2, -0.15) is 0 Å². The van der Waals surface area contributed by atoms with Gasteiger partial charge in [-0.25, -0.2) is 33.7 Å². The van der Waals surface area contributed by atoms with Crippen LogP contribution in [-0.4, -0.2) is 194 Å². The second-order valence-electron chi connectivity index (χ2n) is 40.9. The molecule has 0 saturated carbocycles. The number of hydrogen-bond acceptors (Lipinski definition) is 22. The molecule has 750 valence electrons. The zero-order valence-electron chi connectivity index (χ0n) is 84.7. The van der Waals surface area contributed by atoms with E-state index in [4.69, 9.17) is 35.3 Å². The lowest BCUT2D eigenvalue weighted by Crippen LogP contribution is -2.46. The maximum absolute atomic E-state index is 13.2. The number of sulfone groups is 4. The molecule has 0 radical (unpaired) electrons. The molecule has 0 bridgehead atoms. The van der Waals surface area contributed by atoms with Crippen LogP contribution in [0.2, 0.25) is 5.02 Å². The summed E-state index contributed by atoms with van der Waals surface area (Å²) in [5.41, 5.74) is 20.4. The van der Waals surface area contributed by atoms with E-state index >= 15 is 0 Å². The van der Waals surface area contributed by atoms with Gasteiger partial charge in [0.05, 0.1) is 73.4 Å². The Kier molecular flexibility index (Phi) is 35.7. The molecule has 10 aromatic carbocycles. The number of carbonyl (C=O) groups is 1. The van der Waals surface area contributed by atoms with Crippen molar-refractivity contribution in [3.05, 3.63) is 299 Å². The van der Waals surface area contributed by atoms with Crippen LogP contribution in [0.25, 0.3) is 0 Å². The smallest absolute Gasteiger partial charge is 0.254 e. The number of hydrogen-bond donors (Lipinski definition) is 3. The second-order valence-corrected chi connectivity index (χ2v) is 49.4. The number of amides is 1. The number of benzene rings is 10. The van der Waals surface area contributed by atoms with Crippen LogP contribution in [0.5, 0.6) is 28.7 Å². The van der Waals surface area contributed by atoms with Crippen LogP contribution in [0, 0.1) is 0 Å². The van der Waals surface area contributed by atoms with Crippen molar-refractivity contribution < 1.29 is 72.4 Å². The molecule has 10 aromatic rings. The lowest BCUT2D eigenvalue weighted by molar-refractivity contribution is 0.0731. The highest BCUT2D eigenvalue weighted by molar-refractivity contribution is 7.91. The molecule has 139 heavy (non-hydrogen) atoms. The third kappa shape index (κ3) is 28.3. The number of ether oxygens (including phenoxy) is 5. The minimum Gasteiger partial charge on any atom is -0.497 e. The van der Waals surface area contributed by atoms with Crippen molar-refractivity contribution in [2.24, 2.45) is 0 Å². The van der Waals surface area contributed by atoms with E-state index in [0.29, 0.717) is 30.4 Å². The van der Waals surface area contributed by atoms with E-state index in [1.165, 1.54) is 86.2 Å². The fraction of sp³-hybridized carbons (Fsp3) is 0.450. The van der Waals surface area contributed by atoms with Crippen LogP contribution in [0.15, 0.2) is 214 Å². The number of nitrogens with zero attached hydrogens (tertiary/aromatic N) is 6. The number of rotatable bonds is 32. The summed E-state index contributed by atoms with van der Waals surface area (Å²) >= 11 is 6.11. The molecule has 1 saturated heterocycles. The summed E-state index contributed by atoms with van der Waals surface area (Å²) in [6, 6.07) is 62.6. The van der Waals surface area contributed by atoms with Gasteiger partial charge in [-0.15, -0.1) is 0 Å². The number of carbonyl (C=O) groups excluding carboxylic acids is 1.